The number of nitrogens with zero attached hydrogens (tertiary/aromatic N) is 1. The molecular weight excluding hydrogens is 308 g/mol. The van der Waals surface area contributed by atoms with Crippen LogP contribution in [-0.4, -0.2) is 24.4 Å². The Hall–Kier alpha value is -2.14. The SMILES string of the molecule is C=C1/C=C\C(OC)=C(\C)CN/C(c2nc(C(C)C)cs2)=C\C1=O. The summed E-state index contributed by atoms with van der Waals surface area (Å²) in [5, 5.41) is 6.14. The van der Waals surface area contributed by atoms with E-state index in [2.05, 4.69) is 30.7 Å². The van der Waals surface area contributed by atoms with Gasteiger partial charge in [0.1, 0.15) is 10.8 Å². The van der Waals surface area contributed by atoms with Gasteiger partial charge >= 0.3 is 0 Å². The Morgan fingerprint density at radius 2 is 2.13 bits per heavy atom. The van der Waals surface area contributed by atoms with Crippen LogP contribution in [0.1, 0.15) is 37.4 Å². The van der Waals surface area contributed by atoms with Crippen molar-refractivity contribution in [2.24, 2.45) is 0 Å². The number of allylic oxidation sites excluding steroid dienone is 4. The van der Waals surface area contributed by atoms with Crippen LogP contribution in [0.3, 0.4) is 0 Å². The number of hydrogen-bond acceptors (Lipinski definition) is 5. The van der Waals surface area contributed by atoms with Gasteiger partial charge in [-0.1, -0.05) is 20.4 Å². The number of nitrogens with one attached hydrogen (secondary N) is 1. The van der Waals surface area contributed by atoms with Crippen LogP contribution in [0, 0.1) is 0 Å². The van der Waals surface area contributed by atoms with Gasteiger partial charge in [0.05, 0.1) is 18.5 Å². The Balaban J connectivity index is 2.40. The third-order valence-electron chi connectivity index (χ3n) is 3.56. The second-order valence-corrected chi connectivity index (χ2v) is 6.57. The molecule has 0 bridgehead atoms. The van der Waals surface area contributed by atoms with Crippen LogP contribution in [0.4, 0.5) is 0 Å². The number of thiazole rings is 1. The first-order valence-corrected chi connectivity index (χ1v) is 8.36. The number of rotatable bonds is 3. The number of methoxy groups -OCH3 is 1. The standard InChI is InChI=1S/C18H22N2O2S/c1-11(2)15-10-23-18(20-15)14-8-16(21)12(3)6-7-17(22-5)13(4)9-19-14/h6-8,10-11,19H,3,9H2,1-2,4-5H3/b7-6-,14-8-,17-13+. The number of aromatic nitrogens is 1. The quantitative estimate of drug-likeness (QED) is 0.856. The van der Waals surface area contributed by atoms with Gasteiger partial charge in [-0.15, -0.1) is 11.3 Å². The number of carbonyl (C=O) groups is 1. The Morgan fingerprint density at radius 1 is 1.39 bits per heavy atom. The van der Waals surface area contributed by atoms with E-state index in [4.69, 9.17) is 4.74 Å². The van der Waals surface area contributed by atoms with Crippen LogP contribution < -0.4 is 5.32 Å². The predicted octanol–water partition coefficient (Wildman–Crippen LogP) is 3.81. The van der Waals surface area contributed by atoms with Crippen LogP contribution in [0.5, 0.6) is 0 Å². The molecule has 1 N–H and O–H groups in total. The molecule has 0 saturated carbocycles. The van der Waals surface area contributed by atoms with E-state index in [-0.39, 0.29) is 5.78 Å². The lowest BCUT2D eigenvalue weighted by atomic mass is 10.1. The lowest BCUT2D eigenvalue weighted by molar-refractivity contribution is -0.111. The average Bonchev–Trinajstić information content (AvgIpc) is 3.00. The largest absolute Gasteiger partial charge is 0.497 e. The van der Waals surface area contributed by atoms with Crippen LogP contribution in [0.2, 0.25) is 0 Å². The monoisotopic (exact) mass is 330 g/mol. The maximum atomic E-state index is 12.3. The molecule has 23 heavy (non-hydrogen) atoms. The van der Waals surface area contributed by atoms with Gasteiger partial charge in [0.15, 0.2) is 5.78 Å². The van der Waals surface area contributed by atoms with E-state index in [9.17, 15) is 4.79 Å². The molecule has 0 atom stereocenters. The second-order valence-electron chi connectivity index (χ2n) is 5.72. The van der Waals surface area contributed by atoms with Gasteiger partial charge in [-0.2, -0.15) is 0 Å². The van der Waals surface area contributed by atoms with E-state index < -0.39 is 0 Å². The Labute approximate surface area is 141 Å². The molecule has 1 aliphatic rings. The molecule has 2 heterocycles. The Kier molecular flexibility index (Phi) is 5.55. The molecule has 0 aliphatic carbocycles. The summed E-state index contributed by atoms with van der Waals surface area (Å²) in [5.41, 5.74) is 3.20. The van der Waals surface area contributed by atoms with Gasteiger partial charge in [-0.05, 0) is 30.6 Å². The zero-order valence-corrected chi connectivity index (χ0v) is 14.8. The molecule has 2 rings (SSSR count). The molecule has 0 spiro atoms. The third-order valence-corrected chi connectivity index (χ3v) is 4.45. The smallest absolute Gasteiger partial charge is 0.187 e. The van der Waals surface area contributed by atoms with Gasteiger partial charge in [-0.3, -0.25) is 4.79 Å². The zero-order valence-electron chi connectivity index (χ0n) is 14.0. The highest BCUT2D eigenvalue weighted by molar-refractivity contribution is 7.10. The van der Waals surface area contributed by atoms with E-state index >= 15 is 0 Å². The minimum atomic E-state index is -0.139. The average molecular weight is 330 g/mol. The van der Waals surface area contributed by atoms with Crippen molar-refractivity contribution >= 4 is 22.8 Å². The van der Waals surface area contributed by atoms with Crippen LogP contribution in [-0.2, 0) is 9.53 Å². The van der Waals surface area contributed by atoms with E-state index in [1.807, 2.05) is 12.3 Å². The Bertz CT molecular complexity index is 708. The third kappa shape index (κ3) is 4.20. The summed E-state index contributed by atoms with van der Waals surface area (Å²) in [4.78, 5) is 16.9. The predicted molar refractivity (Wildman–Crippen MR) is 95.2 cm³/mol. The normalized spacial score (nSPS) is 23.3. The minimum Gasteiger partial charge on any atom is -0.497 e. The fourth-order valence-electron chi connectivity index (χ4n) is 2.05. The van der Waals surface area contributed by atoms with Crippen LogP contribution in [0.15, 0.2) is 47.1 Å². The lowest BCUT2D eigenvalue weighted by Crippen LogP contribution is -2.18. The van der Waals surface area contributed by atoms with Crippen LogP contribution >= 0.6 is 11.3 Å². The summed E-state index contributed by atoms with van der Waals surface area (Å²) in [5.74, 6) is 0.949. The number of ether oxygens (including phenoxy) is 1. The minimum absolute atomic E-state index is 0.139. The van der Waals surface area contributed by atoms with Crippen molar-refractivity contribution in [2.75, 3.05) is 13.7 Å². The lowest BCUT2D eigenvalue weighted by Gasteiger charge is -2.13. The van der Waals surface area contributed by atoms with Crippen LogP contribution in [0.25, 0.3) is 5.70 Å². The van der Waals surface area contributed by atoms with Crippen molar-refractivity contribution in [1.82, 2.24) is 10.3 Å². The van der Waals surface area contributed by atoms with Gasteiger partial charge in [0, 0.05) is 23.6 Å². The summed E-state index contributed by atoms with van der Waals surface area (Å²) in [6, 6.07) is 0. The Morgan fingerprint density at radius 3 is 2.74 bits per heavy atom. The van der Waals surface area contributed by atoms with Gasteiger partial charge in [-0.25, -0.2) is 4.98 Å². The van der Waals surface area contributed by atoms with E-state index in [0.29, 0.717) is 18.0 Å². The topological polar surface area (TPSA) is 51.2 Å². The molecule has 0 aromatic carbocycles. The molecule has 5 heteroatoms. The maximum Gasteiger partial charge on any atom is 0.187 e. The highest BCUT2D eigenvalue weighted by Gasteiger charge is 2.14. The number of hydrogen-bond donors (Lipinski definition) is 1. The first-order valence-electron chi connectivity index (χ1n) is 7.48. The van der Waals surface area contributed by atoms with E-state index in [1.165, 1.54) is 11.3 Å². The first-order chi connectivity index (χ1) is 10.9. The molecule has 1 aromatic rings. The fraction of sp³-hybridized carbons (Fsp3) is 0.333. The van der Waals surface area contributed by atoms with E-state index in [1.54, 1.807) is 25.3 Å². The number of ketones is 1. The van der Waals surface area contributed by atoms with Crippen molar-refractivity contribution in [2.45, 2.75) is 26.7 Å². The number of carbonyl (C=O) groups excluding carboxylic acids is 1. The molecule has 0 radical (unpaired) electrons. The highest BCUT2D eigenvalue weighted by Crippen LogP contribution is 2.23. The molecule has 1 aliphatic heterocycles. The van der Waals surface area contributed by atoms with Gasteiger partial charge < -0.3 is 10.1 Å². The summed E-state index contributed by atoms with van der Waals surface area (Å²) >= 11 is 1.53. The summed E-state index contributed by atoms with van der Waals surface area (Å²) < 4.78 is 5.36. The first kappa shape index (κ1) is 17.2. The molecule has 1 aromatic heterocycles. The van der Waals surface area contributed by atoms with Crippen molar-refractivity contribution in [3.8, 4) is 0 Å². The fourth-order valence-corrected chi connectivity index (χ4v) is 3.02. The van der Waals surface area contributed by atoms with Gasteiger partial charge in [0.2, 0.25) is 0 Å². The van der Waals surface area contributed by atoms with Crippen molar-refractivity contribution in [3.05, 3.63) is 57.8 Å². The maximum absolute atomic E-state index is 12.3. The molecule has 0 fully saturated rings. The van der Waals surface area contributed by atoms with Gasteiger partial charge in [0.25, 0.3) is 0 Å². The van der Waals surface area contributed by atoms with E-state index in [0.717, 1.165) is 27.7 Å². The summed E-state index contributed by atoms with van der Waals surface area (Å²) in [6.45, 7) is 10.6. The molecule has 4 nitrogen and oxygen atoms in total. The summed E-state index contributed by atoms with van der Waals surface area (Å²) in [6.07, 6.45) is 5.03. The zero-order chi connectivity index (χ0) is 17.0. The molecule has 0 amide bonds. The second kappa shape index (κ2) is 7.42. The molecule has 0 saturated heterocycles. The highest BCUT2D eigenvalue weighted by atomic mass is 32.1. The van der Waals surface area contributed by atoms with Crippen molar-refractivity contribution < 1.29 is 9.53 Å². The molecule has 0 unspecified atom stereocenters. The van der Waals surface area contributed by atoms with Crippen molar-refractivity contribution in [1.29, 1.82) is 0 Å². The molecule has 122 valence electrons. The molecular formula is C18H22N2O2S. The van der Waals surface area contributed by atoms with Crippen molar-refractivity contribution in [3.63, 3.8) is 0 Å². The summed E-state index contributed by atoms with van der Waals surface area (Å²) in [7, 11) is 1.62.